The molecule has 1 saturated heterocycles. The van der Waals surface area contributed by atoms with Crippen LogP contribution in [0.4, 0.5) is 0 Å². The largest absolute Gasteiger partial charge is 0.316 e. The summed E-state index contributed by atoms with van der Waals surface area (Å²) in [6.07, 6.45) is 7.89. The quantitative estimate of drug-likeness (QED) is 0.873. The molecule has 18 heavy (non-hydrogen) atoms. The Balaban J connectivity index is 1.95. The summed E-state index contributed by atoms with van der Waals surface area (Å²) < 4.78 is 2.45. The number of hydrogen-bond donors (Lipinski definition) is 1. The molecule has 3 rings (SSSR count). The fourth-order valence-corrected chi connectivity index (χ4v) is 3.57. The van der Waals surface area contributed by atoms with Gasteiger partial charge >= 0.3 is 0 Å². The van der Waals surface area contributed by atoms with Crippen LogP contribution >= 0.6 is 0 Å². The maximum atomic E-state index is 4.52. The molecular weight excluding hydrogens is 224 g/mol. The van der Waals surface area contributed by atoms with Crippen LogP contribution in [-0.2, 0) is 5.41 Å². The molecule has 1 aromatic rings. The molecule has 2 aliphatic rings. The molecule has 1 unspecified atom stereocenters. The first-order valence-electron chi connectivity index (χ1n) is 7.33. The van der Waals surface area contributed by atoms with Crippen LogP contribution in [0.5, 0.6) is 0 Å². The number of hydrogen-bond acceptors (Lipinski definition) is 3. The van der Waals surface area contributed by atoms with Gasteiger partial charge in [-0.2, -0.15) is 0 Å². The zero-order valence-corrected chi connectivity index (χ0v) is 11.6. The number of aryl methyl sites for hydroxylation is 1. The molecule has 2 fully saturated rings. The van der Waals surface area contributed by atoms with Crippen molar-refractivity contribution in [2.75, 3.05) is 13.1 Å². The number of rotatable bonds is 2. The van der Waals surface area contributed by atoms with Crippen molar-refractivity contribution in [3.05, 3.63) is 11.6 Å². The van der Waals surface area contributed by atoms with Gasteiger partial charge in [0.05, 0.1) is 0 Å². The molecule has 1 aromatic heterocycles. The van der Waals surface area contributed by atoms with Gasteiger partial charge in [-0.05, 0) is 32.7 Å². The smallest absolute Gasteiger partial charge is 0.140 e. The minimum Gasteiger partial charge on any atom is -0.316 e. The lowest BCUT2D eigenvalue weighted by atomic mass is 9.87. The van der Waals surface area contributed by atoms with Crippen LogP contribution in [0.2, 0.25) is 0 Å². The van der Waals surface area contributed by atoms with E-state index in [1.54, 1.807) is 0 Å². The third-order valence-corrected chi connectivity index (χ3v) is 4.71. The molecule has 1 aliphatic carbocycles. The third-order valence-electron chi connectivity index (χ3n) is 4.71. The van der Waals surface area contributed by atoms with Gasteiger partial charge < -0.3 is 9.88 Å². The van der Waals surface area contributed by atoms with Crippen molar-refractivity contribution in [2.45, 2.75) is 63.8 Å². The maximum absolute atomic E-state index is 4.52. The molecule has 4 heteroatoms. The van der Waals surface area contributed by atoms with E-state index in [0.29, 0.717) is 6.04 Å². The van der Waals surface area contributed by atoms with E-state index >= 15 is 0 Å². The highest BCUT2D eigenvalue weighted by Crippen LogP contribution is 2.35. The van der Waals surface area contributed by atoms with Crippen molar-refractivity contribution in [2.24, 2.45) is 0 Å². The molecule has 0 amide bonds. The first-order chi connectivity index (χ1) is 8.71. The van der Waals surface area contributed by atoms with Gasteiger partial charge in [-0.1, -0.05) is 26.2 Å². The fraction of sp³-hybridized carbons (Fsp3) is 0.857. The highest BCUT2D eigenvalue weighted by Gasteiger charge is 2.37. The molecule has 0 radical (unpaired) electrons. The van der Waals surface area contributed by atoms with E-state index in [9.17, 15) is 0 Å². The highest BCUT2D eigenvalue weighted by atomic mass is 15.3. The Kier molecular flexibility index (Phi) is 3.14. The molecule has 1 N–H and O–H groups in total. The van der Waals surface area contributed by atoms with E-state index in [1.807, 2.05) is 0 Å². The van der Waals surface area contributed by atoms with Crippen LogP contribution in [0.15, 0.2) is 0 Å². The Bertz CT molecular complexity index is 411. The number of aromatic nitrogens is 3. The molecule has 2 heterocycles. The van der Waals surface area contributed by atoms with Crippen molar-refractivity contribution < 1.29 is 0 Å². The van der Waals surface area contributed by atoms with Gasteiger partial charge in [0, 0.05) is 18.0 Å². The van der Waals surface area contributed by atoms with Crippen molar-refractivity contribution in [1.82, 2.24) is 20.1 Å². The summed E-state index contributed by atoms with van der Waals surface area (Å²) in [5.74, 6) is 2.32. The average Bonchev–Trinajstić information content (AvgIpc) is 2.98. The molecule has 0 aromatic carbocycles. The predicted molar refractivity (Wildman–Crippen MR) is 71.7 cm³/mol. The molecule has 1 aliphatic heterocycles. The van der Waals surface area contributed by atoms with Gasteiger partial charge in [-0.3, -0.25) is 0 Å². The predicted octanol–water partition coefficient (Wildman–Crippen LogP) is 2.34. The first-order valence-corrected chi connectivity index (χ1v) is 7.33. The van der Waals surface area contributed by atoms with Gasteiger partial charge in [0.15, 0.2) is 0 Å². The van der Waals surface area contributed by atoms with Crippen molar-refractivity contribution >= 4 is 0 Å². The van der Waals surface area contributed by atoms with E-state index in [1.165, 1.54) is 44.3 Å². The second kappa shape index (κ2) is 4.65. The second-order valence-electron chi connectivity index (χ2n) is 6.22. The standard InChI is InChI=1S/C14H24N4/c1-11-16-17-13(14(2)8-9-15-10-14)18(11)12-6-4-3-5-7-12/h12,15H,3-10H2,1-2H3. The summed E-state index contributed by atoms with van der Waals surface area (Å²) in [6.45, 7) is 6.58. The van der Waals surface area contributed by atoms with Crippen LogP contribution in [0.3, 0.4) is 0 Å². The summed E-state index contributed by atoms with van der Waals surface area (Å²) in [7, 11) is 0. The van der Waals surface area contributed by atoms with Gasteiger partial charge in [-0.25, -0.2) is 0 Å². The lowest BCUT2D eigenvalue weighted by Gasteiger charge is -2.30. The number of nitrogens with one attached hydrogen (secondary N) is 1. The Morgan fingerprint density at radius 1 is 1.22 bits per heavy atom. The van der Waals surface area contributed by atoms with Crippen LogP contribution in [0.1, 0.15) is 63.1 Å². The summed E-state index contributed by atoms with van der Waals surface area (Å²) >= 11 is 0. The van der Waals surface area contributed by atoms with Crippen molar-refractivity contribution in [1.29, 1.82) is 0 Å². The normalized spacial score (nSPS) is 29.9. The summed E-state index contributed by atoms with van der Waals surface area (Å²) in [5.41, 5.74) is 0.179. The van der Waals surface area contributed by atoms with Crippen LogP contribution in [0.25, 0.3) is 0 Å². The monoisotopic (exact) mass is 248 g/mol. The molecule has 100 valence electrons. The van der Waals surface area contributed by atoms with Gasteiger partial charge in [0.2, 0.25) is 0 Å². The topological polar surface area (TPSA) is 42.7 Å². The third kappa shape index (κ3) is 1.96. The molecular formula is C14H24N4. The van der Waals surface area contributed by atoms with E-state index in [4.69, 9.17) is 0 Å². The van der Waals surface area contributed by atoms with Crippen LogP contribution in [0, 0.1) is 6.92 Å². The van der Waals surface area contributed by atoms with Gasteiger partial charge in [0.1, 0.15) is 11.6 Å². The van der Waals surface area contributed by atoms with Crippen molar-refractivity contribution in [3.63, 3.8) is 0 Å². The zero-order chi connectivity index (χ0) is 12.6. The molecule has 0 bridgehead atoms. The fourth-order valence-electron chi connectivity index (χ4n) is 3.57. The lowest BCUT2D eigenvalue weighted by Crippen LogP contribution is -2.31. The summed E-state index contributed by atoms with van der Waals surface area (Å²) in [5, 5.41) is 12.4. The van der Waals surface area contributed by atoms with Crippen LogP contribution < -0.4 is 5.32 Å². The SMILES string of the molecule is Cc1nnc(C2(C)CCNC2)n1C1CCCCC1. The molecule has 0 spiro atoms. The minimum absolute atomic E-state index is 0.179. The zero-order valence-electron chi connectivity index (χ0n) is 11.6. The maximum Gasteiger partial charge on any atom is 0.140 e. The second-order valence-corrected chi connectivity index (χ2v) is 6.22. The molecule has 1 atom stereocenters. The highest BCUT2D eigenvalue weighted by molar-refractivity contribution is 5.14. The van der Waals surface area contributed by atoms with Crippen LogP contribution in [-0.4, -0.2) is 27.9 Å². The summed E-state index contributed by atoms with van der Waals surface area (Å²) in [4.78, 5) is 0. The van der Waals surface area contributed by atoms with Crippen molar-refractivity contribution in [3.8, 4) is 0 Å². The van der Waals surface area contributed by atoms with E-state index < -0.39 is 0 Å². The first kappa shape index (κ1) is 12.2. The van der Waals surface area contributed by atoms with E-state index in [0.717, 1.165) is 18.9 Å². The Hall–Kier alpha value is -0.900. The Labute approximate surface area is 109 Å². The molecule has 4 nitrogen and oxygen atoms in total. The Morgan fingerprint density at radius 3 is 2.67 bits per heavy atom. The van der Waals surface area contributed by atoms with Gasteiger partial charge in [0.25, 0.3) is 0 Å². The summed E-state index contributed by atoms with van der Waals surface area (Å²) in [6, 6.07) is 0.640. The Morgan fingerprint density at radius 2 is 2.00 bits per heavy atom. The number of nitrogens with zero attached hydrogens (tertiary/aromatic N) is 3. The van der Waals surface area contributed by atoms with Gasteiger partial charge in [-0.15, -0.1) is 10.2 Å². The lowest BCUT2D eigenvalue weighted by molar-refractivity contribution is 0.321. The van der Waals surface area contributed by atoms with E-state index in [2.05, 4.69) is 33.9 Å². The van der Waals surface area contributed by atoms with E-state index in [-0.39, 0.29) is 5.41 Å². The average molecular weight is 248 g/mol. The molecule has 1 saturated carbocycles. The minimum atomic E-state index is 0.179.